The van der Waals surface area contributed by atoms with Crippen LogP contribution in [0.1, 0.15) is 70.2 Å². The van der Waals surface area contributed by atoms with Gasteiger partial charge in [-0.25, -0.2) is 0 Å². The maximum absolute atomic E-state index is 14.2. The highest BCUT2D eigenvalue weighted by molar-refractivity contribution is 7.86. The predicted octanol–water partition coefficient (Wildman–Crippen LogP) is 7.34. The van der Waals surface area contributed by atoms with Crippen LogP contribution in [0.5, 0.6) is 0 Å². The second-order valence-corrected chi connectivity index (χ2v) is 15.7. The van der Waals surface area contributed by atoms with Crippen LogP contribution in [-0.4, -0.2) is 44.2 Å². The van der Waals surface area contributed by atoms with E-state index in [1.54, 1.807) is 53.7 Å². The first-order valence-corrected chi connectivity index (χ1v) is 17.8. The second-order valence-electron chi connectivity index (χ2n) is 14.1. The molecule has 0 aliphatic heterocycles. The molecule has 0 saturated heterocycles. The van der Waals surface area contributed by atoms with E-state index in [0.717, 1.165) is 22.3 Å². The van der Waals surface area contributed by atoms with Gasteiger partial charge in [-0.3, -0.25) is 19.1 Å². The van der Waals surface area contributed by atoms with Gasteiger partial charge in [0, 0.05) is 0 Å². The fourth-order valence-electron chi connectivity index (χ4n) is 5.51. The van der Waals surface area contributed by atoms with Gasteiger partial charge in [0.2, 0.25) is 0 Å². The summed E-state index contributed by atoms with van der Waals surface area (Å²) in [5, 5.41) is 3.63. The zero-order valence-corrected chi connectivity index (χ0v) is 30.1. The zero-order valence-electron chi connectivity index (χ0n) is 29.3. The average molecular weight is 686 g/mol. The lowest BCUT2D eigenvalue weighted by Gasteiger charge is -2.40. The van der Waals surface area contributed by atoms with Crippen molar-refractivity contribution < 1.29 is 31.7 Å². The van der Waals surface area contributed by atoms with E-state index in [0.29, 0.717) is 0 Å². The first-order chi connectivity index (χ1) is 23.0. The molecule has 2 atom stereocenters. The Morgan fingerprint density at radius 2 is 1.04 bits per heavy atom. The van der Waals surface area contributed by atoms with Gasteiger partial charge in [0.05, 0.1) is 23.0 Å². The molecule has 1 N–H and O–H groups in total. The summed E-state index contributed by atoms with van der Waals surface area (Å²) in [6, 6.07) is 34.2. The van der Waals surface area contributed by atoms with Crippen molar-refractivity contribution in [2.75, 3.05) is 6.61 Å². The van der Waals surface area contributed by atoms with Crippen molar-refractivity contribution in [1.29, 1.82) is 0 Å². The van der Waals surface area contributed by atoms with Gasteiger partial charge in [-0.15, -0.1) is 0 Å². The Morgan fingerprint density at radius 1 is 0.633 bits per heavy atom. The molecule has 0 amide bonds. The lowest BCUT2D eigenvalue weighted by molar-refractivity contribution is -0.163. The van der Waals surface area contributed by atoms with E-state index in [2.05, 4.69) is 5.32 Å². The van der Waals surface area contributed by atoms with Crippen LogP contribution in [0, 0.1) is 12.8 Å². The fourth-order valence-corrected chi connectivity index (χ4v) is 6.46. The maximum Gasteiger partial charge on any atom is 0.323 e. The van der Waals surface area contributed by atoms with Gasteiger partial charge in [-0.1, -0.05) is 109 Å². The summed E-state index contributed by atoms with van der Waals surface area (Å²) in [7, 11) is -4.24. The SMILES string of the molecule is Cc1ccc(S(=O)(=O)OCC(C[C@H](NC(c2ccccc2)(c2ccccc2)c2ccccc2)C(=O)OC(C)(C)C)C(=O)OC(C)(C)C)cc1. The average Bonchev–Trinajstić information content (AvgIpc) is 3.04. The smallest absolute Gasteiger partial charge is 0.323 e. The monoisotopic (exact) mass is 685 g/mol. The van der Waals surface area contributed by atoms with E-state index in [4.69, 9.17) is 13.7 Å². The summed E-state index contributed by atoms with van der Waals surface area (Å²) >= 11 is 0. The Bertz CT molecular complexity index is 1680. The van der Waals surface area contributed by atoms with E-state index in [1.807, 2.05) is 97.9 Å². The second kappa shape index (κ2) is 15.5. The minimum Gasteiger partial charge on any atom is -0.460 e. The predicted molar refractivity (Wildman–Crippen MR) is 190 cm³/mol. The van der Waals surface area contributed by atoms with Crippen molar-refractivity contribution >= 4 is 22.1 Å². The molecule has 49 heavy (non-hydrogen) atoms. The van der Waals surface area contributed by atoms with Crippen LogP contribution in [0.4, 0.5) is 0 Å². The summed E-state index contributed by atoms with van der Waals surface area (Å²) in [6.45, 7) is 11.8. The molecule has 0 bridgehead atoms. The number of nitrogens with one attached hydrogen (secondary N) is 1. The van der Waals surface area contributed by atoms with Crippen molar-refractivity contribution in [2.24, 2.45) is 5.92 Å². The van der Waals surface area contributed by atoms with Crippen LogP contribution in [0.2, 0.25) is 0 Å². The number of esters is 2. The van der Waals surface area contributed by atoms with Gasteiger partial charge in [-0.05, 0) is 83.7 Å². The molecule has 8 nitrogen and oxygen atoms in total. The number of aryl methyl sites for hydroxylation is 1. The Labute approximate surface area is 290 Å². The lowest BCUT2D eigenvalue weighted by atomic mass is 9.76. The largest absolute Gasteiger partial charge is 0.460 e. The summed E-state index contributed by atoms with van der Waals surface area (Å²) in [5.41, 5.74) is 0.559. The Kier molecular flexibility index (Phi) is 11.9. The van der Waals surface area contributed by atoms with E-state index < -0.39 is 57.4 Å². The van der Waals surface area contributed by atoms with Crippen molar-refractivity contribution in [2.45, 2.75) is 82.6 Å². The normalized spacial score (nSPS) is 13.7. The molecule has 4 aromatic carbocycles. The lowest BCUT2D eigenvalue weighted by Crippen LogP contribution is -2.55. The molecular weight excluding hydrogens is 639 g/mol. The minimum atomic E-state index is -4.24. The minimum absolute atomic E-state index is 0.0425. The number of carbonyl (C=O) groups is 2. The summed E-state index contributed by atoms with van der Waals surface area (Å²) in [6.07, 6.45) is -0.193. The number of rotatable bonds is 13. The number of benzene rings is 4. The molecule has 260 valence electrons. The third-order valence-corrected chi connectivity index (χ3v) is 8.99. The van der Waals surface area contributed by atoms with Crippen molar-refractivity contribution in [3.63, 3.8) is 0 Å². The molecule has 0 heterocycles. The molecule has 0 aliphatic rings. The van der Waals surface area contributed by atoms with Gasteiger partial charge in [0.1, 0.15) is 17.2 Å². The molecule has 0 saturated carbocycles. The Balaban J connectivity index is 1.85. The molecule has 0 spiro atoms. The highest BCUT2D eigenvalue weighted by atomic mass is 32.2. The summed E-state index contributed by atoms with van der Waals surface area (Å²) in [5.74, 6) is -2.49. The quantitative estimate of drug-likeness (QED) is 0.0885. The van der Waals surface area contributed by atoms with E-state index in [1.165, 1.54) is 12.1 Å². The summed E-state index contributed by atoms with van der Waals surface area (Å²) in [4.78, 5) is 28.0. The van der Waals surface area contributed by atoms with E-state index in [-0.39, 0.29) is 11.3 Å². The molecule has 9 heteroatoms. The number of hydrogen-bond donors (Lipinski definition) is 1. The first kappa shape index (κ1) is 37.5. The van der Waals surface area contributed by atoms with E-state index in [9.17, 15) is 18.0 Å². The molecule has 4 aromatic rings. The van der Waals surface area contributed by atoms with Gasteiger partial charge in [0.25, 0.3) is 10.1 Å². The van der Waals surface area contributed by atoms with Crippen molar-refractivity contribution in [1.82, 2.24) is 5.32 Å². The highest BCUT2D eigenvalue weighted by Gasteiger charge is 2.43. The van der Waals surface area contributed by atoms with Crippen LogP contribution >= 0.6 is 0 Å². The van der Waals surface area contributed by atoms with Crippen LogP contribution in [-0.2, 0) is 38.9 Å². The molecule has 4 rings (SSSR count). The number of ether oxygens (including phenoxy) is 2. The Morgan fingerprint density at radius 3 is 1.45 bits per heavy atom. The van der Waals surface area contributed by atoms with Gasteiger partial charge < -0.3 is 9.47 Å². The molecule has 0 fully saturated rings. The van der Waals surface area contributed by atoms with Crippen LogP contribution in [0.15, 0.2) is 120 Å². The third kappa shape index (κ3) is 10.1. The van der Waals surface area contributed by atoms with Crippen molar-refractivity contribution in [3.8, 4) is 0 Å². The van der Waals surface area contributed by atoms with E-state index >= 15 is 0 Å². The number of hydrogen-bond acceptors (Lipinski definition) is 8. The van der Waals surface area contributed by atoms with Gasteiger partial charge >= 0.3 is 11.9 Å². The molecule has 1 unspecified atom stereocenters. The van der Waals surface area contributed by atoms with Crippen LogP contribution in [0.25, 0.3) is 0 Å². The maximum atomic E-state index is 14.2. The standard InChI is InChI=1S/C40H47NO7S/c1-29-23-25-34(26-24-29)49(44,45)46-28-30(36(42)47-38(2,3)4)27-35(37(43)48-39(5,6)7)41-40(31-17-11-8-12-18-31,32-19-13-9-14-20-32)33-21-15-10-16-22-33/h8-26,30,35,41H,27-28H2,1-7H3/t30?,35-/m0/s1. The highest BCUT2D eigenvalue weighted by Crippen LogP contribution is 2.38. The molecule has 0 aliphatic carbocycles. The molecule has 0 aromatic heterocycles. The van der Waals surface area contributed by atoms with Crippen LogP contribution in [0.3, 0.4) is 0 Å². The first-order valence-electron chi connectivity index (χ1n) is 16.4. The number of carbonyl (C=O) groups excluding carboxylic acids is 2. The topological polar surface area (TPSA) is 108 Å². The summed E-state index contributed by atoms with van der Waals surface area (Å²) < 4.78 is 43.7. The Hall–Kier alpha value is -4.31. The van der Waals surface area contributed by atoms with Gasteiger partial charge in [-0.2, -0.15) is 8.42 Å². The molecule has 0 radical (unpaired) electrons. The zero-order chi connectivity index (χ0) is 35.9. The van der Waals surface area contributed by atoms with Crippen LogP contribution < -0.4 is 5.32 Å². The van der Waals surface area contributed by atoms with Crippen molar-refractivity contribution in [3.05, 3.63) is 138 Å². The molecular formula is C40H47NO7S. The third-order valence-electron chi connectivity index (χ3n) is 7.70. The fraction of sp³-hybridized carbons (Fsp3) is 0.350. The van der Waals surface area contributed by atoms with Gasteiger partial charge in [0.15, 0.2) is 0 Å².